The number of urea groups is 1. The molecular formula is C13H21ClN6O. The molecule has 0 unspecified atom stereocenters. The quantitative estimate of drug-likeness (QED) is 0.269. The Morgan fingerprint density at radius 2 is 2.05 bits per heavy atom. The average Bonchev–Trinajstić information content (AvgIpc) is 2.52. The Hall–Kier alpha value is -1.54. The molecular weight excluding hydrogens is 292 g/mol. The van der Waals surface area contributed by atoms with Crippen LogP contribution in [0, 0.1) is 0 Å². The van der Waals surface area contributed by atoms with E-state index in [-0.39, 0.29) is 0 Å². The molecule has 1 aliphatic rings. The molecule has 116 valence electrons. The summed E-state index contributed by atoms with van der Waals surface area (Å²) in [7, 11) is 0. The first-order chi connectivity index (χ1) is 10.2. The van der Waals surface area contributed by atoms with Gasteiger partial charge in [0.05, 0.1) is 0 Å². The molecule has 1 heterocycles. The first-order valence-electron chi connectivity index (χ1n) is 6.91. The van der Waals surface area contributed by atoms with Crippen molar-refractivity contribution in [1.29, 1.82) is 0 Å². The van der Waals surface area contributed by atoms with Crippen molar-refractivity contribution >= 4 is 23.3 Å². The molecule has 1 aliphatic heterocycles. The number of nitrogens with two attached hydrogens (primary N) is 1. The molecule has 0 spiro atoms. The summed E-state index contributed by atoms with van der Waals surface area (Å²) in [5, 5.41) is 0.767. The molecule has 8 heteroatoms. The average molecular weight is 313 g/mol. The van der Waals surface area contributed by atoms with Gasteiger partial charge < -0.3 is 4.90 Å². The molecule has 1 aromatic carbocycles. The summed E-state index contributed by atoms with van der Waals surface area (Å²) in [6.45, 7) is 5.45. The van der Waals surface area contributed by atoms with Gasteiger partial charge in [0.15, 0.2) is 0 Å². The Morgan fingerprint density at radius 3 is 2.71 bits per heavy atom. The monoisotopic (exact) mass is 312 g/mol. The largest absolute Gasteiger partial charge is 0.369 e. The Kier molecular flexibility index (Phi) is 6.06. The Balaban J connectivity index is 1.67. The van der Waals surface area contributed by atoms with Gasteiger partial charge in [-0.1, -0.05) is 17.7 Å². The third-order valence-corrected chi connectivity index (χ3v) is 3.67. The number of halogens is 1. The minimum Gasteiger partial charge on any atom is -0.369 e. The molecule has 21 heavy (non-hydrogen) atoms. The standard InChI is InChI=1S/C13H21ClN6O/c14-11-2-1-3-12(10-11)20-8-6-19(7-9-20)5-4-16-18-13(21)17-15/h1-3,10,16H,4-9,15H2,(H2,17,18,21). The molecule has 0 atom stereocenters. The number of piperazine rings is 1. The summed E-state index contributed by atoms with van der Waals surface area (Å²) >= 11 is 6.02. The lowest BCUT2D eigenvalue weighted by Crippen LogP contribution is -2.51. The number of rotatable bonds is 5. The normalized spacial score (nSPS) is 15.8. The van der Waals surface area contributed by atoms with Gasteiger partial charge in [-0.05, 0) is 18.2 Å². The van der Waals surface area contributed by atoms with Crippen LogP contribution in [0.5, 0.6) is 0 Å². The molecule has 2 amide bonds. The fourth-order valence-corrected chi connectivity index (χ4v) is 2.48. The SMILES string of the molecule is NNC(=O)NNCCN1CCN(c2cccc(Cl)c2)CC1. The van der Waals surface area contributed by atoms with Crippen LogP contribution in [-0.4, -0.2) is 50.2 Å². The van der Waals surface area contributed by atoms with E-state index in [1.165, 1.54) is 5.69 Å². The second-order valence-corrected chi connectivity index (χ2v) is 5.27. The van der Waals surface area contributed by atoms with Crippen LogP contribution < -0.4 is 27.0 Å². The molecule has 2 rings (SSSR count). The summed E-state index contributed by atoms with van der Waals surface area (Å²) < 4.78 is 0. The van der Waals surface area contributed by atoms with E-state index in [2.05, 4.69) is 26.7 Å². The second-order valence-electron chi connectivity index (χ2n) is 4.83. The van der Waals surface area contributed by atoms with Crippen LogP contribution >= 0.6 is 11.6 Å². The minimum absolute atomic E-state index is 0.444. The number of hydrazine groups is 2. The Bertz CT molecular complexity index is 464. The Labute approximate surface area is 129 Å². The number of anilines is 1. The van der Waals surface area contributed by atoms with Crippen LogP contribution in [0.25, 0.3) is 0 Å². The molecule has 0 bridgehead atoms. The molecule has 0 aliphatic carbocycles. The zero-order valence-electron chi connectivity index (χ0n) is 11.8. The lowest BCUT2D eigenvalue weighted by atomic mass is 10.2. The summed E-state index contributed by atoms with van der Waals surface area (Å²) in [5.41, 5.74) is 8.41. The lowest BCUT2D eigenvalue weighted by molar-refractivity contribution is 0.230. The predicted molar refractivity (Wildman–Crippen MR) is 84.0 cm³/mol. The Morgan fingerprint density at radius 1 is 1.29 bits per heavy atom. The van der Waals surface area contributed by atoms with Gasteiger partial charge in [0, 0.05) is 50.0 Å². The fourth-order valence-electron chi connectivity index (χ4n) is 2.30. The van der Waals surface area contributed by atoms with Crippen molar-refractivity contribution in [2.24, 2.45) is 5.84 Å². The third kappa shape index (κ3) is 5.05. The highest BCUT2D eigenvalue weighted by atomic mass is 35.5. The number of benzene rings is 1. The van der Waals surface area contributed by atoms with Crippen molar-refractivity contribution in [3.63, 3.8) is 0 Å². The first-order valence-corrected chi connectivity index (χ1v) is 7.29. The van der Waals surface area contributed by atoms with E-state index in [0.29, 0.717) is 6.54 Å². The highest BCUT2D eigenvalue weighted by Crippen LogP contribution is 2.20. The van der Waals surface area contributed by atoms with E-state index in [1.807, 2.05) is 23.6 Å². The smallest absolute Gasteiger partial charge is 0.343 e. The van der Waals surface area contributed by atoms with Crippen LogP contribution in [0.2, 0.25) is 5.02 Å². The van der Waals surface area contributed by atoms with Gasteiger partial charge in [-0.25, -0.2) is 16.1 Å². The molecule has 0 radical (unpaired) electrons. The van der Waals surface area contributed by atoms with E-state index < -0.39 is 6.03 Å². The first kappa shape index (κ1) is 15.8. The number of amides is 2. The number of carbonyl (C=O) groups is 1. The zero-order chi connectivity index (χ0) is 15.1. The van der Waals surface area contributed by atoms with Gasteiger partial charge in [-0.2, -0.15) is 0 Å². The molecule has 1 saturated heterocycles. The van der Waals surface area contributed by atoms with Crippen molar-refractivity contribution < 1.29 is 4.79 Å². The van der Waals surface area contributed by atoms with Gasteiger partial charge in [-0.15, -0.1) is 0 Å². The molecule has 1 fully saturated rings. The van der Waals surface area contributed by atoms with E-state index >= 15 is 0 Å². The minimum atomic E-state index is -0.444. The number of hydrogen-bond acceptors (Lipinski definition) is 5. The van der Waals surface area contributed by atoms with E-state index in [0.717, 1.165) is 37.7 Å². The van der Waals surface area contributed by atoms with Crippen LogP contribution in [0.4, 0.5) is 10.5 Å². The van der Waals surface area contributed by atoms with Crippen LogP contribution in [0.15, 0.2) is 24.3 Å². The second kappa shape index (κ2) is 8.04. The van der Waals surface area contributed by atoms with Crippen molar-refractivity contribution in [3.05, 3.63) is 29.3 Å². The van der Waals surface area contributed by atoms with Gasteiger partial charge in [0.1, 0.15) is 0 Å². The zero-order valence-corrected chi connectivity index (χ0v) is 12.6. The van der Waals surface area contributed by atoms with Gasteiger partial charge >= 0.3 is 6.03 Å². The lowest BCUT2D eigenvalue weighted by Gasteiger charge is -2.36. The fraction of sp³-hybridized carbons (Fsp3) is 0.462. The highest BCUT2D eigenvalue weighted by molar-refractivity contribution is 6.30. The molecule has 0 aromatic heterocycles. The topological polar surface area (TPSA) is 85.7 Å². The number of nitrogens with zero attached hydrogens (tertiary/aromatic N) is 2. The number of nitrogens with one attached hydrogen (secondary N) is 3. The van der Waals surface area contributed by atoms with Gasteiger partial charge in [0.2, 0.25) is 0 Å². The maximum absolute atomic E-state index is 10.8. The van der Waals surface area contributed by atoms with Crippen LogP contribution in [0.1, 0.15) is 0 Å². The summed E-state index contributed by atoms with van der Waals surface area (Å²) in [6.07, 6.45) is 0. The molecule has 7 nitrogen and oxygen atoms in total. The van der Waals surface area contributed by atoms with Crippen LogP contribution in [-0.2, 0) is 0 Å². The predicted octanol–water partition coefficient (Wildman–Crippen LogP) is 0.139. The van der Waals surface area contributed by atoms with Gasteiger partial charge in [-0.3, -0.25) is 15.8 Å². The van der Waals surface area contributed by atoms with Gasteiger partial charge in [0.25, 0.3) is 0 Å². The van der Waals surface area contributed by atoms with Crippen molar-refractivity contribution in [1.82, 2.24) is 21.2 Å². The van der Waals surface area contributed by atoms with E-state index in [4.69, 9.17) is 17.4 Å². The number of carbonyl (C=O) groups excluding carboxylic acids is 1. The van der Waals surface area contributed by atoms with E-state index in [9.17, 15) is 4.79 Å². The third-order valence-electron chi connectivity index (χ3n) is 3.43. The van der Waals surface area contributed by atoms with Crippen molar-refractivity contribution in [2.45, 2.75) is 0 Å². The van der Waals surface area contributed by atoms with Crippen LogP contribution in [0.3, 0.4) is 0 Å². The molecule has 1 aromatic rings. The maximum atomic E-state index is 10.8. The molecule has 0 saturated carbocycles. The summed E-state index contributed by atoms with van der Waals surface area (Å²) in [6, 6.07) is 7.49. The molecule has 5 N–H and O–H groups in total. The van der Waals surface area contributed by atoms with E-state index in [1.54, 1.807) is 0 Å². The number of hydrogen-bond donors (Lipinski definition) is 4. The highest BCUT2D eigenvalue weighted by Gasteiger charge is 2.16. The summed E-state index contributed by atoms with van der Waals surface area (Å²) in [4.78, 5) is 15.5. The maximum Gasteiger partial charge on any atom is 0.343 e. The van der Waals surface area contributed by atoms with Crippen molar-refractivity contribution in [3.8, 4) is 0 Å². The van der Waals surface area contributed by atoms with Crippen molar-refractivity contribution in [2.75, 3.05) is 44.2 Å². The summed E-state index contributed by atoms with van der Waals surface area (Å²) in [5.74, 6) is 4.95.